The summed E-state index contributed by atoms with van der Waals surface area (Å²) >= 11 is 1.53. The van der Waals surface area contributed by atoms with E-state index in [0.29, 0.717) is 19.4 Å². The van der Waals surface area contributed by atoms with Crippen molar-refractivity contribution in [2.75, 3.05) is 25.6 Å². The molecule has 4 rings (SSSR count). The van der Waals surface area contributed by atoms with E-state index in [1.54, 1.807) is 36.1 Å². The summed E-state index contributed by atoms with van der Waals surface area (Å²) < 4.78 is 66.9. The van der Waals surface area contributed by atoms with E-state index in [4.69, 9.17) is 0 Å². The zero-order valence-corrected chi connectivity index (χ0v) is 26.8. The number of rotatable bonds is 9. The molecule has 1 unspecified atom stereocenters. The lowest BCUT2D eigenvalue weighted by Gasteiger charge is -2.44. The van der Waals surface area contributed by atoms with E-state index in [9.17, 15) is 31.2 Å². The van der Waals surface area contributed by atoms with Crippen LogP contribution in [0.15, 0.2) is 58.3 Å². The predicted octanol–water partition coefficient (Wildman–Crippen LogP) is 5.50. The van der Waals surface area contributed by atoms with Gasteiger partial charge < -0.3 is 15.1 Å². The fraction of sp³-hybridized carbons (Fsp3) is 0.548. The summed E-state index contributed by atoms with van der Waals surface area (Å²) in [6.07, 6.45) is -0.429. The molecule has 0 bridgehead atoms. The lowest BCUT2D eigenvalue weighted by molar-refractivity contribution is -0.138. The second-order valence-corrected chi connectivity index (χ2v) is 15.0. The summed E-state index contributed by atoms with van der Waals surface area (Å²) in [7, 11) is -1.63. The average Bonchev–Trinajstić information content (AvgIpc) is 3.25. The quantitative estimate of drug-likeness (QED) is 0.365. The number of nitrogens with zero attached hydrogens (tertiary/aromatic N) is 2. The minimum absolute atomic E-state index is 0.115. The zero-order chi connectivity index (χ0) is 31.7. The Morgan fingerprint density at radius 2 is 1.84 bits per heavy atom. The zero-order valence-electron chi connectivity index (χ0n) is 25.1. The molecule has 0 radical (unpaired) electrons. The molecule has 2 aromatic carbocycles. The molecular weight excluding hydrogens is 599 g/mol. The van der Waals surface area contributed by atoms with Crippen molar-refractivity contribution in [3.8, 4) is 0 Å². The molecule has 2 aliphatic rings. The Balaban J connectivity index is 1.56. The van der Waals surface area contributed by atoms with Crippen molar-refractivity contribution in [2.45, 2.75) is 86.1 Å². The minimum atomic E-state index is -4.60. The number of alkyl halides is 3. The number of sulfone groups is 1. The van der Waals surface area contributed by atoms with Gasteiger partial charge in [-0.3, -0.25) is 9.59 Å². The van der Waals surface area contributed by atoms with Gasteiger partial charge in [-0.05, 0) is 108 Å². The van der Waals surface area contributed by atoms with Crippen LogP contribution in [0.1, 0.15) is 62.4 Å². The number of likely N-dealkylation sites (tertiary alicyclic amines) is 1. The highest BCUT2D eigenvalue weighted by Gasteiger charge is 2.49. The van der Waals surface area contributed by atoms with Crippen molar-refractivity contribution < 1.29 is 31.2 Å². The van der Waals surface area contributed by atoms with E-state index >= 15 is 0 Å². The second kappa shape index (κ2) is 12.8. The molecule has 236 valence electrons. The third-order valence-electron chi connectivity index (χ3n) is 8.98. The van der Waals surface area contributed by atoms with Gasteiger partial charge in [-0.25, -0.2) is 8.42 Å². The van der Waals surface area contributed by atoms with Crippen molar-refractivity contribution in [1.29, 1.82) is 0 Å². The Hall–Kier alpha value is -2.57. The highest BCUT2D eigenvalue weighted by Crippen LogP contribution is 2.38. The molecule has 2 amide bonds. The van der Waals surface area contributed by atoms with Gasteiger partial charge in [-0.1, -0.05) is 6.07 Å². The maximum absolute atomic E-state index is 13.9. The van der Waals surface area contributed by atoms with Crippen molar-refractivity contribution in [1.82, 2.24) is 15.1 Å². The van der Waals surface area contributed by atoms with Crippen LogP contribution in [0.25, 0.3) is 0 Å². The third-order valence-corrected chi connectivity index (χ3v) is 11.6. The lowest BCUT2D eigenvalue weighted by atomic mass is 9.80. The lowest BCUT2D eigenvalue weighted by Crippen LogP contribution is -2.56. The first kappa shape index (κ1) is 33.3. The first-order chi connectivity index (χ1) is 20.1. The van der Waals surface area contributed by atoms with Gasteiger partial charge in [-0.15, -0.1) is 11.8 Å². The van der Waals surface area contributed by atoms with Gasteiger partial charge in [0.2, 0.25) is 5.91 Å². The summed E-state index contributed by atoms with van der Waals surface area (Å²) in [4.78, 5) is 32.0. The topological polar surface area (TPSA) is 86.8 Å². The minimum Gasteiger partial charge on any atom is -0.338 e. The van der Waals surface area contributed by atoms with E-state index in [-0.39, 0.29) is 52.6 Å². The van der Waals surface area contributed by atoms with Crippen LogP contribution < -0.4 is 5.32 Å². The van der Waals surface area contributed by atoms with E-state index in [1.165, 1.54) is 17.8 Å². The molecule has 7 nitrogen and oxygen atoms in total. The van der Waals surface area contributed by atoms with Crippen molar-refractivity contribution in [3.63, 3.8) is 0 Å². The summed E-state index contributed by atoms with van der Waals surface area (Å²) in [5, 5.41) is 2.68. The molecule has 0 spiro atoms. The molecule has 43 heavy (non-hydrogen) atoms. The Morgan fingerprint density at radius 1 is 1.16 bits per heavy atom. The van der Waals surface area contributed by atoms with Gasteiger partial charge in [0.25, 0.3) is 5.91 Å². The Labute approximate surface area is 256 Å². The molecule has 1 aliphatic heterocycles. The van der Waals surface area contributed by atoms with Gasteiger partial charge in [0, 0.05) is 35.1 Å². The first-order valence-electron chi connectivity index (χ1n) is 14.5. The van der Waals surface area contributed by atoms with Crippen molar-refractivity contribution in [3.05, 3.63) is 59.7 Å². The molecule has 1 N–H and O–H groups in total. The molecule has 1 saturated heterocycles. The average molecular weight is 640 g/mol. The van der Waals surface area contributed by atoms with Crippen LogP contribution in [0.2, 0.25) is 0 Å². The highest BCUT2D eigenvalue weighted by atomic mass is 32.2. The van der Waals surface area contributed by atoms with Crippen LogP contribution in [-0.4, -0.2) is 79.3 Å². The summed E-state index contributed by atoms with van der Waals surface area (Å²) in [6, 6.07) is 11.0. The Morgan fingerprint density at radius 3 is 2.44 bits per heavy atom. The number of thioether (sulfide) groups is 1. The third kappa shape index (κ3) is 7.39. The number of halogens is 3. The molecular formula is C31H40F3N3O4S2. The fourth-order valence-corrected chi connectivity index (χ4v) is 8.30. The number of hydrogen-bond acceptors (Lipinski definition) is 6. The predicted molar refractivity (Wildman–Crippen MR) is 162 cm³/mol. The van der Waals surface area contributed by atoms with Crippen LogP contribution in [0.5, 0.6) is 0 Å². The summed E-state index contributed by atoms with van der Waals surface area (Å²) in [6.45, 7) is 6.08. The molecule has 1 aliphatic carbocycles. The number of carbonyl (C=O) groups excluding carboxylic acids is 2. The number of amides is 2. The normalized spacial score (nSPS) is 25.0. The van der Waals surface area contributed by atoms with Crippen LogP contribution >= 0.6 is 11.8 Å². The van der Waals surface area contributed by atoms with Crippen LogP contribution in [0, 0.1) is 5.92 Å². The number of benzene rings is 2. The van der Waals surface area contributed by atoms with Crippen molar-refractivity contribution in [2.24, 2.45) is 5.92 Å². The molecule has 1 saturated carbocycles. The first-order valence-corrected chi connectivity index (χ1v) is 17.3. The van der Waals surface area contributed by atoms with Crippen molar-refractivity contribution >= 4 is 33.4 Å². The van der Waals surface area contributed by atoms with E-state index in [1.807, 2.05) is 13.3 Å². The summed E-state index contributed by atoms with van der Waals surface area (Å²) in [5.41, 5.74) is -2.45. The van der Waals surface area contributed by atoms with Gasteiger partial charge >= 0.3 is 6.18 Å². The number of carbonyl (C=O) groups is 2. The molecule has 1 heterocycles. The molecule has 4 atom stereocenters. The van der Waals surface area contributed by atoms with Gasteiger partial charge in [0.05, 0.1) is 16.2 Å². The highest BCUT2D eigenvalue weighted by molar-refractivity contribution is 7.98. The van der Waals surface area contributed by atoms with Crippen LogP contribution in [-0.2, 0) is 20.8 Å². The maximum Gasteiger partial charge on any atom is 0.416 e. The largest absolute Gasteiger partial charge is 0.416 e. The Kier molecular flexibility index (Phi) is 9.93. The summed E-state index contributed by atoms with van der Waals surface area (Å²) in [5.74, 6) is -1.56. The van der Waals surface area contributed by atoms with Crippen LogP contribution in [0.4, 0.5) is 13.2 Å². The fourth-order valence-electron chi connectivity index (χ4n) is 6.23. The molecule has 12 heteroatoms. The van der Waals surface area contributed by atoms with Gasteiger partial charge in [0.15, 0.2) is 9.84 Å². The standard InChI is InChI=1S/C31H40F3N3O4S2/c1-20(2)36(4)24-9-14-27(22(18-24)19-43(40,41)26-12-10-25(42-5)11-13-26)37-16-15-30(3,29(37)39)35-28(38)21-7-6-8-23(17-21)31(32,33)34/h6-8,10-13,17,20,22,24,27H,9,14-16,18-19H2,1-5H3,(H,35,38)/t22-,24+,27-,30?/m0/s1. The molecule has 0 aromatic heterocycles. The smallest absolute Gasteiger partial charge is 0.338 e. The van der Waals surface area contributed by atoms with Gasteiger partial charge in [-0.2, -0.15) is 13.2 Å². The monoisotopic (exact) mass is 639 g/mol. The molecule has 2 fully saturated rings. The maximum atomic E-state index is 13.9. The van der Waals surface area contributed by atoms with E-state index < -0.39 is 33.0 Å². The van der Waals surface area contributed by atoms with E-state index in [0.717, 1.165) is 29.5 Å². The van der Waals surface area contributed by atoms with Gasteiger partial charge in [0.1, 0.15) is 5.54 Å². The second-order valence-electron chi connectivity index (χ2n) is 12.1. The van der Waals surface area contributed by atoms with E-state index in [2.05, 4.69) is 24.1 Å². The Bertz CT molecular complexity index is 1430. The van der Waals surface area contributed by atoms with Crippen LogP contribution in [0.3, 0.4) is 0 Å². The number of nitrogens with one attached hydrogen (secondary N) is 1. The SMILES string of the molecule is CSc1ccc(S(=O)(=O)C[C@@H]2C[C@H](N(C)C(C)C)CC[C@@H]2N2CCC(C)(NC(=O)c3cccc(C(F)(F)F)c3)C2=O)cc1. The molecule has 2 aromatic rings. The number of hydrogen-bond donors (Lipinski definition) is 1.